The first-order chi connectivity index (χ1) is 11.8. The van der Waals surface area contributed by atoms with Gasteiger partial charge >= 0.3 is 12.1 Å². The van der Waals surface area contributed by atoms with Crippen molar-refractivity contribution in [3.8, 4) is 6.07 Å². The number of halogens is 3. The standard InChI is InChI=1S/C13H22N4O.C2HF3O2/c14-9-12-7-4-8-17(12)13(18)10-15-16-11-5-2-1-3-6-11;3-2(4,5)1(6)7/h11-12,15-16H,1-8,10H2;(H,6,7). The maximum Gasteiger partial charge on any atom is 0.490 e. The van der Waals surface area contributed by atoms with Crippen molar-refractivity contribution < 1.29 is 27.9 Å². The molecule has 25 heavy (non-hydrogen) atoms. The lowest BCUT2D eigenvalue weighted by Gasteiger charge is -2.24. The second kappa shape index (κ2) is 10.2. The van der Waals surface area contributed by atoms with E-state index in [4.69, 9.17) is 15.2 Å². The number of carbonyl (C=O) groups excluding carboxylic acids is 1. The molecule has 1 saturated heterocycles. The highest BCUT2D eigenvalue weighted by atomic mass is 19.4. The first-order valence-corrected chi connectivity index (χ1v) is 8.23. The molecule has 2 rings (SSSR count). The van der Waals surface area contributed by atoms with Crippen LogP contribution in [0.5, 0.6) is 0 Å². The summed E-state index contributed by atoms with van der Waals surface area (Å²) in [6.45, 7) is 1.01. The Hall–Kier alpha value is -1.86. The molecule has 1 atom stereocenters. The van der Waals surface area contributed by atoms with E-state index in [0.29, 0.717) is 6.04 Å². The third-order valence-electron chi connectivity index (χ3n) is 4.12. The van der Waals surface area contributed by atoms with Gasteiger partial charge in [-0.15, -0.1) is 0 Å². The fourth-order valence-electron chi connectivity index (χ4n) is 2.82. The van der Waals surface area contributed by atoms with E-state index >= 15 is 0 Å². The van der Waals surface area contributed by atoms with Gasteiger partial charge in [0.15, 0.2) is 0 Å². The zero-order valence-corrected chi connectivity index (χ0v) is 13.8. The molecule has 10 heteroatoms. The van der Waals surface area contributed by atoms with Gasteiger partial charge in [-0.25, -0.2) is 10.2 Å². The van der Waals surface area contributed by atoms with Gasteiger partial charge in [0, 0.05) is 12.6 Å². The fourth-order valence-corrected chi connectivity index (χ4v) is 2.82. The lowest BCUT2D eigenvalue weighted by atomic mass is 9.96. The van der Waals surface area contributed by atoms with E-state index in [1.807, 2.05) is 0 Å². The minimum atomic E-state index is -5.08. The second-order valence-electron chi connectivity index (χ2n) is 6.01. The lowest BCUT2D eigenvalue weighted by molar-refractivity contribution is -0.192. The largest absolute Gasteiger partial charge is 0.490 e. The van der Waals surface area contributed by atoms with Crippen LogP contribution in [0.3, 0.4) is 0 Å². The van der Waals surface area contributed by atoms with Crippen molar-refractivity contribution in [1.82, 2.24) is 15.8 Å². The molecule has 1 saturated carbocycles. The quantitative estimate of drug-likeness (QED) is 0.654. The summed E-state index contributed by atoms with van der Waals surface area (Å²) in [5.41, 5.74) is 6.25. The van der Waals surface area contributed by atoms with Gasteiger partial charge in [-0.2, -0.15) is 18.4 Å². The van der Waals surface area contributed by atoms with Crippen LogP contribution in [0.4, 0.5) is 13.2 Å². The number of hydrogen-bond acceptors (Lipinski definition) is 5. The molecule has 0 bridgehead atoms. The molecule has 1 aliphatic carbocycles. The van der Waals surface area contributed by atoms with Crippen LogP contribution in [0, 0.1) is 11.3 Å². The van der Waals surface area contributed by atoms with Gasteiger partial charge in [0.25, 0.3) is 0 Å². The molecular weight excluding hydrogens is 341 g/mol. The van der Waals surface area contributed by atoms with Crippen molar-refractivity contribution in [3.05, 3.63) is 0 Å². The van der Waals surface area contributed by atoms with Crippen molar-refractivity contribution in [1.29, 1.82) is 5.26 Å². The van der Waals surface area contributed by atoms with Crippen molar-refractivity contribution in [2.45, 2.75) is 63.2 Å². The van der Waals surface area contributed by atoms with Gasteiger partial charge in [0.05, 0.1) is 12.6 Å². The first kappa shape index (κ1) is 21.2. The maximum absolute atomic E-state index is 11.9. The van der Waals surface area contributed by atoms with E-state index in [9.17, 15) is 18.0 Å². The molecule has 0 aromatic carbocycles. The molecular formula is C15H23F3N4O3. The molecule has 1 amide bonds. The number of nitriles is 1. The predicted molar refractivity (Wildman–Crippen MR) is 82.1 cm³/mol. The Kier molecular flexibility index (Phi) is 8.65. The normalized spacial score (nSPS) is 21.2. The van der Waals surface area contributed by atoms with E-state index < -0.39 is 12.1 Å². The fraction of sp³-hybridized carbons (Fsp3) is 0.800. The molecule has 2 aliphatic rings. The molecule has 0 radical (unpaired) electrons. The van der Waals surface area contributed by atoms with Gasteiger partial charge in [-0.1, -0.05) is 19.3 Å². The summed E-state index contributed by atoms with van der Waals surface area (Å²) in [6, 6.07) is 2.47. The number of carbonyl (C=O) groups is 2. The Morgan fingerprint density at radius 3 is 2.28 bits per heavy atom. The number of hydrazine groups is 1. The number of hydrogen-bond donors (Lipinski definition) is 3. The highest BCUT2D eigenvalue weighted by molar-refractivity contribution is 5.79. The van der Waals surface area contributed by atoms with Crippen LogP contribution in [-0.2, 0) is 9.59 Å². The van der Waals surface area contributed by atoms with Crippen molar-refractivity contribution in [2.75, 3.05) is 13.1 Å². The van der Waals surface area contributed by atoms with Crippen LogP contribution in [0.2, 0.25) is 0 Å². The Labute approximate surface area is 144 Å². The molecule has 1 heterocycles. The van der Waals surface area contributed by atoms with E-state index in [1.165, 1.54) is 32.1 Å². The first-order valence-electron chi connectivity index (χ1n) is 8.23. The number of likely N-dealkylation sites (tertiary alicyclic amines) is 1. The van der Waals surface area contributed by atoms with Crippen LogP contribution in [0.15, 0.2) is 0 Å². The van der Waals surface area contributed by atoms with Crippen LogP contribution >= 0.6 is 0 Å². The molecule has 1 unspecified atom stereocenters. The number of rotatable bonds is 4. The minimum absolute atomic E-state index is 0.0300. The molecule has 0 aromatic rings. The Balaban J connectivity index is 0.000000381. The number of amides is 1. The monoisotopic (exact) mass is 364 g/mol. The van der Waals surface area contributed by atoms with Gasteiger partial charge < -0.3 is 10.0 Å². The number of alkyl halides is 3. The van der Waals surface area contributed by atoms with Crippen molar-refractivity contribution >= 4 is 11.9 Å². The van der Waals surface area contributed by atoms with E-state index in [2.05, 4.69) is 16.9 Å². The van der Waals surface area contributed by atoms with Crippen LogP contribution in [0.25, 0.3) is 0 Å². The number of aliphatic carboxylic acids is 1. The topological polar surface area (TPSA) is 105 Å². The highest BCUT2D eigenvalue weighted by Gasteiger charge is 2.38. The van der Waals surface area contributed by atoms with Crippen molar-refractivity contribution in [3.63, 3.8) is 0 Å². The van der Waals surface area contributed by atoms with Gasteiger partial charge in [-0.3, -0.25) is 10.2 Å². The maximum atomic E-state index is 11.9. The molecule has 0 aromatic heterocycles. The molecule has 1 aliphatic heterocycles. The van der Waals surface area contributed by atoms with E-state index in [1.54, 1.807) is 4.90 Å². The number of carboxylic acid groups (broad SMARTS) is 1. The molecule has 7 nitrogen and oxygen atoms in total. The lowest BCUT2D eigenvalue weighted by Crippen LogP contribution is -2.48. The summed E-state index contributed by atoms with van der Waals surface area (Å²) in [5.74, 6) is -2.73. The molecule has 142 valence electrons. The van der Waals surface area contributed by atoms with Gasteiger partial charge in [0.2, 0.25) is 5.91 Å². The van der Waals surface area contributed by atoms with Gasteiger partial charge in [-0.05, 0) is 25.7 Å². The van der Waals surface area contributed by atoms with Crippen LogP contribution < -0.4 is 10.9 Å². The SMILES string of the molecule is N#CC1CCCN1C(=O)CNNC1CCCCC1.O=C(O)C(F)(F)F. The minimum Gasteiger partial charge on any atom is -0.475 e. The Bertz CT molecular complexity index is 487. The summed E-state index contributed by atoms with van der Waals surface area (Å²) >= 11 is 0. The highest BCUT2D eigenvalue weighted by Crippen LogP contribution is 2.17. The Morgan fingerprint density at radius 1 is 1.16 bits per heavy atom. The summed E-state index contributed by atoms with van der Waals surface area (Å²) in [5, 5.41) is 16.1. The number of carboxylic acids is 1. The average Bonchev–Trinajstić information content (AvgIpc) is 3.04. The van der Waals surface area contributed by atoms with E-state index in [0.717, 1.165) is 19.4 Å². The molecule has 0 spiro atoms. The number of nitrogens with zero attached hydrogens (tertiary/aromatic N) is 2. The second-order valence-corrected chi connectivity index (χ2v) is 6.01. The van der Waals surface area contributed by atoms with Crippen LogP contribution in [-0.4, -0.2) is 53.2 Å². The number of nitrogens with one attached hydrogen (secondary N) is 2. The summed E-state index contributed by atoms with van der Waals surface area (Å²) in [4.78, 5) is 22.5. The third kappa shape index (κ3) is 7.70. The predicted octanol–water partition coefficient (Wildman–Crippen LogP) is 1.56. The zero-order valence-electron chi connectivity index (χ0n) is 13.8. The Morgan fingerprint density at radius 2 is 1.76 bits per heavy atom. The summed E-state index contributed by atoms with van der Waals surface area (Å²) < 4.78 is 31.7. The zero-order chi connectivity index (χ0) is 18.9. The third-order valence-corrected chi connectivity index (χ3v) is 4.12. The van der Waals surface area contributed by atoms with Crippen LogP contribution in [0.1, 0.15) is 44.9 Å². The van der Waals surface area contributed by atoms with E-state index in [-0.39, 0.29) is 18.5 Å². The molecule has 2 fully saturated rings. The smallest absolute Gasteiger partial charge is 0.475 e. The van der Waals surface area contributed by atoms with Crippen molar-refractivity contribution in [2.24, 2.45) is 0 Å². The van der Waals surface area contributed by atoms with Gasteiger partial charge in [0.1, 0.15) is 6.04 Å². The average molecular weight is 364 g/mol. The molecule has 3 N–H and O–H groups in total. The summed E-state index contributed by atoms with van der Waals surface area (Å²) in [7, 11) is 0. The summed E-state index contributed by atoms with van der Waals surface area (Å²) in [6.07, 6.45) is 2.93.